The standard InChI is InChI=1S/C13H14FN3OS/c1-8-11(19-13(15)16-8)12(18)17(2)7-9-4-3-5-10(14)6-9/h3-6H,7H2,1-2H3,(H2,15,16). The molecule has 0 aliphatic rings. The fourth-order valence-electron chi connectivity index (χ4n) is 1.77. The van der Waals surface area contributed by atoms with E-state index in [1.54, 1.807) is 26.1 Å². The highest BCUT2D eigenvalue weighted by molar-refractivity contribution is 7.17. The van der Waals surface area contributed by atoms with Crippen LogP contribution in [0.4, 0.5) is 9.52 Å². The van der Waals surface area contributed by atoms with E-state index >= 15 is 0 Å². The lowest BCUT2D eigenvalue weighted by Crippen LogP contribution is -2.26. The minimum absolute atomic E-state index is 0.157. The van der Waals surface area contributed by atoms with E-state index in [2.05, 4.69) is 4.98 Å². The average Bonchev–Trinajstić information content (AvgIpc) is 2.67. The molecule has 2 rings (SSSR count). The molecule has 0 aliphatic carbocycles. The van der Waals surface area contributed by atoms with E-state index in [1.165, 1.54) is 28.4 Å². The second kappa shape index (κ2) is 5.36. The molecular weight excluding hydrogens is 265 g/mol. The van der Waals surface area contributed by atoms with Gasteiger partial charge in [-0.2, -0.15) is 0 Å². The predicted octanol–water partition coefficient (Wildman–Crippen LogP) is 2.45. The molecule has 4 nitrogen and oxygen atoms in total. The molecule has 0 atom stereocenters. The summed E-state index contributed by atoms with van der Waals surface area (Å²) >= 11 is 1.17. The Kier molecular flexibility index (Phi) is 3.80. The van der Waals surface area contributed by atoms with Crippen LogP contribution in [-0.2, 0) is 6.54 Å². The lowest BCUT2D eigenvalue weighted by Gasteiger charge is -2.16. The van der Waals surface area contributed by atoms with Gasteiger partial charge in [-0.15, -0.1) is 0 Å². The van der Waals surface area contributed by atoms with Gasteiger partial charge in [0.2, 0.25) is 0 Å². The molecule has 100 valence electrons. The highest BCUT2D eigenvalue weighted by Gasteiger charge is 2.18. The lowest BCUT2D eigenvalue weighted by molar-refractivity contribution is 0.0789. The number of hydrogen-bond acceptors (Lipinski definition) is 4. The number of aryl methyl sites for hydroxylation is 1. The fraction of sp³-hybridized carbons (Fsp3) is 0.231. The molecule has 1 aromatic heterocycles. The predicted molar refractivity (Wildman–Crippen MR) is 73.5 cm³/mol. The summed E-state index contributed by atoms with van der Waals surface area (Å²) in [5.74, 6) is -0.465. The van der Waals surface area contributed by atoms with Gasteiger partial charge in [0.25, 0.3) is 5.91 Å². The third-order valence-electron chi connectivity index (χ3n) is 2.66. The van der Waals surface area contributed by atoms with Gasteiger partial charge in [-0.1, -0.05) is 23.5 Å². The van der Waals surface area contributed by atoms with Crippen LogP contribution >= 0.6 is 11.3 Å². The van der Waals surface area contributed by atoms with Crippen molar-refractivity contribution in [3.05, 3.63) is 46.2 Å². The van der Waals surface area contributed by atoms with Gasteiger partial charge in [0.05, 0.1) is 5.69 Å². The topological polar surface area (TPSA) is 59.2 Å². The Labute approximate surface area is 114 Å². The van der Waals surface area contributed by atoms with Crippen molar-refractivity contribution >= 4 is 22.4 Å². The summed E-state index contributed by atoms with van der Waals surface area (Å²) in [7, 11) is 1.67. The fourth-order valence-corrected chi connectivity index (χ4v) is 2.60. The van der Waals surface area contributed by atoms with Gasteiger partial charge < -0.3 is 10.6 Å². The molecule has 0 unspecified atom stereocenters. The third kappa shape index (κ3) is 3.08. The first-order chi connectivity index (χ1) is 8.97. The minimum Gasteiger partial charge on any atom is -0.375 e. The number of halogens is 1. The molecule has 0 fully saturated rings. The maximum Gasteiger partial charge on any atom is 0.265 e. The molecule has 6 heteroatoms. The Balaban J connectivity index is 2.14. The Hall–Kier alpha value is -1.95. The Morgan fingerprint density at radius 1 is 1.53 bits per heavy atom. The molecule has 0 radical (unpaired) electrons. The van der Waals surface area contributed by atoms with Gasteiger partial charge in [-0.3, -0.25) is 4.79 Å². The molecule has 0 spiro atoms. The molecule has 0 saturated carbocycles. The number of aromatic nitrogens is 1. The maximum atomic E-state index is 13.1. The monoisotopic (exact) mass is 279 g/mol. The van der Waals surface area contributed by atoms with Crippen molar-refractivity contribution < 1.29 is 9.18 Å². The zero-order valence-electron chi connectivity index (χ0n) is 10.7. The van der Waals surface area contributed by atoms with E-state index in [0.717, 1.165) is 5.56 Å². The van der Waals surface area contributed by atoms with Crippen LogP contribution in [0.3, 0.4) is 0 Å². The van der Waals surface area contributed by atoms with Crippen LogP contribution in [0.2, 0.25) is 0 Å². The Morgan fingerprint density at radius 2 is 2.26 bits per heavy atom. The summed E-state index contributed by atoms with van der Waals surface area (Å²) in [6.07, 6.45) is 0. The Bertz CT molecular complexity index is 612. The highest BCUT2D eigenvalue weighted by Crippen LogP contribution is 2.21. The molecule has 2 N–H and O–H groups in total. The zero-order chi connectivity index (χ0) is 14.0. The number of carbonyl (C=O) groups excluding carboxylic acids is 1. The molecule has 0 saturated heterocycles. The van der Waals surface area contributed by atoms with Gasteiger partial charge >= 0.3 is 0 Å². The third-order valence-corrected chi connectivity index (χ3v) is 3.64. The van der Waals surface area contributed by atoms with Gasteiger partial charge in [-0.05, 0) is 24.6 Å². The zero-order valence-corrected chi connectivity index (χ0v) is 11.5. The van der Waals surface area contributed by atoms with E-state index in [0.29, 0.717) is 22.2 Å². The summed E-state index contributed by atoms with van der Waals surface area (Å²) in [5, 5.41) is 0.375. The van der Waals surface area contributed by atoms with Gasteiger partial charge in [0, 0.05) is 13.6 Å². The number of nitrogens with two attached hydrogens (primary N) is 1. The van der Waals surface area contributed by atoms with Crippen molar-refractivity contribution in [1.29, 1.82) is 0 Å². The summed E-state index contributed by atoms with van der Waals surface area (Å²) in [6.45, 7) is 2.09. The lowest BCUT2D eigenvalue weighted by atomic mass is 10.2. The van der Waals surface area contributed by atoms with Crippen molar-refractivity contribution in [3.63, 3.8) is 0 Å². The quantitative estimate of drug-likeness (QED) is 0.938. The first-order valence-electron chi connectivity index (χ1n) is 5.70. The van der Waals surface area contributed by atoms with Crippen molar-refractivity contribution in [1.82, 2.24) is 9.88 Å². The molecule has 1 amide bonds. The maximum absolute atomic E-state index is 13.1. The van der Waals surface area contributed by atoms with Crippen molar-refractivity contribution in [2.24, 2.45) is 0 Å². The average molecular weight is 279 g/mol. The molecule has 1 aromatic carbocycles. The van der Waals surface area contributed by atoms with Crippen LogP contribution in [0, 0.1) is 12.7 Å². The largest absolute Gasteiger partial charge is 0.375 e. The minimum atomic E-state index is -0.309. The van der Waals surface area contributed by atoms with Gasteiger partial charge in [0.15, 0.2) is 5.13 Å². The van der Waals surface area contributed by atoms with E-state index in [1.807, 2.05) is 0 Å². The van der Waals surface area contributed by atoms with Crippen LogP contribution in [0.1, 0.15) is 20.9 Å². The summed E-state index contributed by atoms with van der Waals surface area (Å²) in [5.41, 5.74) is 6.94. The number of thiazole rings is 1. The summed E-state index contributed by atoms with van der Waals surface area (Å²) in [6, 6.07) is 6.19. The smallest absolute Gasteiger partial charge is 0.265 e. The SMILES string of the molecule is Cc1nc(N)sc1C(=O)N(C)Cc1cccc(F)c1. The number of nitrogens with zero attached hydrogens (tertiary/aromatic N) is 2. The van der Waals surface area contributed by atoms with E-state index in [-0.39, 0.29) is 11.7 Å². The normalized spacial score (nSPS) is 10.5. The van der Waals surface area contributed by atoms with E-state index in [4.69, 9.17) is 5.73 Å². The number of benzene rings is 1. The molecule has 0 bridgehead atoms. The van der Waals surface area contributed by atoms with Crippen LogP contribution in [-0.4, -0.2) is 22.8 Å². The van der Waals surface area contributed by atoms with Crippen LogP contribution in [0.5, 0.6) is 0 Å². The second-order valence-electron chi connectivity index (χ2n) is 4.26. The number of nitrogen functional groups attached to an aromatic ring is 1. The van der Waals surface area contributed by atoms with Crippen molar-refractivity contribution in [3.8, 4) is 0 Å². The highest BCUT2D eigenvalue weighted by atomic mass is 32.1. The van der Waals surface area contributed by atoms with Crippen LogP contribution in [0.15, 0.2) is 24.3 Å². The molecule has 2 aromatic rings. The first kappa shape index (κ1) is 13.5. The van der Waals surface area contributed by atoms with E-state index < -0.39 is 0 Å². The number of carbonyl (C=O) groups is 1. The molecular formula is C13H14FN3OS. The second-order valence-corrected chi connectivity index (χ2v) is 5.29. The molecule has 0 aliphatic heterocycles. The summed E-state index contributed by atoms with van der Waals surface area (Å²) < 4.78 is 13.1. The number of anilines is 1. The molecule has 1 heterocycles. The van der Waals surface area contributed by atoms with Gasteiger partial charge in [-0.25, -0.2) is 9.37 Å². The van der Waals surface area contributed by atoms with Crippen molar-refractivity contribution in [2.75, 3.05) is 12.8 Å². The number of hydrogen-bond donors (Lipinski definition) is 1. The van der Waals surface area contributed by atoms with Crippen LogP contribution < -0.4 is 5.73 Å². The first-order valence-corrected chi connectivity index (χ1v) is 6.52. The number of rotatable bonds is 3. The summed E-state index contributed by atoms with van der Waals surface area (Å²) in [4.78, 5) is 18.3. The van der Waals surface area contributed by atoms with E-state index in [9.17, 15) is 9.18 Å². The van der Waals surface area contributed by atoms with Crippen molar-refractivity contribution in [2.45, 2.75) is 13.5 Å². The Morgan fingerprint density at radius 3 is 2.84 bits per heavy atom. The number of amides is 1. The molecule has 19 heavy (non-hydrogen) atoms. The van der Waals surface area contributed by atoms with Crippen LogP contribution in [0.25, 0.3) is 0 Å². The van der Waals surface area contributed by atoms with Gasteiger partial charge in [0.1, 0.15) is 10.7 Å².